The first kappa shape index (κ1) is 13.7. The lowest BCUT2D eigenvalue weighted by atomic mass is 10.1. The summed E-state index contributed by atoms with van der Waals surface area (Å²) in [6.07, 6.45) is 0. The van der Waals surface area contributed by atoms with E-state index in [1.807, 2.05) is 45.2 Å². The van der Waals surface area contributed by atoms with Gasteiger partial charge in [0, 0.05) is 7.14 Å². The minimum absolute atomic E-state index is 0.365. The number of carbonyl (C=O) groups excluding carboxylic acids is 2. The van der Waals surface area contributed by atoms with E-state index in [0.29, 0.717) is 11.1 Å². The lowest BCUT2D eigenvalue weighted by Crippen LogP contribution is -2.10. The third kappa shape index (κ3) is 2.84. The van der Waals surface area contributed by atoms with Gasteiger partial charge in [-0.2, -0.15) is 0 Å². The van der Waals surface area contributed by atoms with Crippen LogP contribution in [0.2, 0.25) is 0 Å². The summed E-state index contributed by atoms with van der Waals surface area (Å²) in [5, 5.41) is 0. The number of halogens is 2. The van der Waals surface area contributed by atoms with E-state index in [1.165, 1.54) is 20.3 Å². The predicted octanol–water partition coefficient (Wildman–Crippen LogP) is 2.47. The first-order valence-electron chi connectivity index (χ1n) is 4.17. The zero-order chi connectivity index (χ0) is 12.3. The van der Waals surface area contributed by atoms with Crippen LogP contribution in [0.4, 0.5) is 0 Å². The zero-order valence-corrected chi connectivity index (χ0v) is 12.9. The van der Waals surface area contributed by atoms with Crippen molar-refractivity contribution >= 4 is 57.1 Å². The summed E-state index contributed by atoms with van der Waals surface area (Å²) >= 11 is 4.04. The van der Waals surface area contributed by atoms with Gasteiger partial charge in [-0.3, -0.25) is 0 Å². The lowest BCUT2D eigenvalue weighted by molar-refractivity contribution is 0.0597. The molecule has 0 saturated carbocycles. The summed E-state index contributed by atoms with van der Waals surface area (Å²) in [6, 6.07) is 3.22. The fourth-order valence-corrected chi connectivity index (χ4v) is 3.05. The van der Waals surface area contributed by atoms with Crippen LogP contribution < -0.4 is 0 Å². The topological polar surface area (TPSA) is 52.6 Å². The maximum atomic E-state index is 11.4. The molecule has 1 aromatic carbocycles. The van der Waals surface area contributed by atoms with Gasteiger partial charge >= 0.3 is 11.9 Å². The number of rotatable bonds is 2. The highest BCUT2D eigenvalue weighted by molar-refractivity contribution is 14.1. The zero-order valence-electron chi connectivity index (χ0n) is 8.54. The summed E-state index contributed by atoms with van der Waals surface area (Å²) in [5.41, 5.74) is 0.729. The molecule has 0 aromatic heterocycles. The number of ether oxygens (including phenoxy) is 2. The summed E-state index contributed by atoms with van der Waals surface area (Å²) in [6.45, 7) is 0. The summed E-state index contributed by atoms with van der Waals surface area (Å²) < 4.78 is 10.7. The second-order valence-electron chi connectivity index (χ2n) is 2.80. The lowest BCUT2D eigenvalue weighted by Gasteiger charge is -2.07. The Bertz CT molecular complexity index is 405. The highest BCUT2D eigenvalue weighted by atomic mass is 127. The minimum Gasteiger partial charge on any atom is -0.465 e. The number of hydrogen-bond acceptors (Lipinski definition) is 4. The average molecular weight is 446 g/mol. The normalized spacial score (nSPS) is 9.75. The Morgan fingerprint density at radius 3 is 1.62 bits per heavy atom. The van der Waals surface area contributed by atoms with Crippen molar-refractivity contribution in [1.29, 1.82) is 0 Å². The number of carbonyl (C=O) groups is 2. The molecule has 86 valence electrons. The Morgan fingerprint density at radius 1 is 0.938 bits per heavy atom. The fourth-order valence-electron chi connectivity index (χ4n) is 1.08. The van der Waals surface area contributed by atoms with Crippen LogP contribution >= 0.6 is 45.2 Å². The Hall–Kier alpha value is -0.380. The van der Waals surface area contributed by atoms with Gasteiger partial charge < -0.3 is 9.47 Å². The molecule has 1 aromatic rings. The molecule has 0 unspecified atom stereocenters. The highest BCUT2D eigenvalue weighted by Crippen LogP contribution is 2.22. The number of methoxy groups -OCH3 is 2. The van der Waals surface area contributed by atoms with Crippen molar-refractivity contribution in [3.05, 3.63) is 30.4 Å². The van der Waals surface area contributed by atoms with Crippen molar-refractivity contribution in [3.8, 4) is 0 Å². The van der Waals surface area contributed by atoms with Crippen molar-refractivity contribution in [1.82, 2.24) is 0 Å². The molecule has 0 fully saturated rings. The van der Waals surface area contributed by atoms with Gasteiger partial charge in [-0.05, 0) is 57.3 Å². The smallest absolute Gasteiger partial charge is 0.338 e. The van der Waals surface area contributed by atoms with E-state index in [0.717, 1.165) is 7.14 Å². The summed E-state index contributed by atoms with van der Waals surface area (Å²) in [5.74, 6) is -0.933. The van der Waals surface area contributed by atoms with Gasteiger partial charge in [-0.1, -0.05) is 0 Å². The van der Waals surface area contributed by atoms with Crippen molar-refractivity contribution in [2.24, 2.45) is 0 Å². The van der Waals surface area contributed by atoms with E-state index >= 15 is 0 Å². The summed E-state index contributed by atoms with van der Waals surface area (Å²) in [7, 11) is 2.60. The molecule has 4 nitrogen and oxygen atoms in total. The third-order valence-corrected chi connectivity index (χ3v) is 3.65. The number of hydrogen-bond donors (Lipinski definition) is 0. The van der Waals surface area contributed by atoms with Crippen LogP contribution in [0.5, 0.6) is 0 Å². The van der Waals surface area contributed by atoms with Gasteiger partial charge in [0.2, 0.25) is 0 Å². The van der Waals surface area contributed by atoms with E-state index in [2.05, 4.69) is 9.47 Å². The fraction of sp³-hybridized carbons (Fsp3) is 0.200. The predicted molar refractivity (Wildman–Crippen MR) is 74.6 cm³/mol. The highest BCUT2D eigenvalue weighted by Gasteiger charge is 2.17. The van der Waals surface area contributed by atoms with Crippen LogP contribution in [0.1, 0.15) is 20.7 Å². The molecular formula is C10H8I2O4. The van der Waals surface area contributed by atoms with E-state index < -0.39 is 11.9 Å². The third-order valence-electron chi connectivity index (χ3n) is 1.87. The quantitative estimate of drug-likeness (QED) is 0.518. The molecule has 6 heteroatoms. The van der Waals surface area contributed by atoms with Gasteiger partial charge in [0.25, 0.3) is 0 Å². The van der Waals surface area contributed by atoms with Crippen molar-refractivity contribution in [2.75, 3.05) is 14.2 Å². The molecule has 0 atom stereocenters. The Kier molecular flexibility index (Phi) is 4.96. The van der Waals surface area contributed by atoms with Crippen LogP contribution in [-0.4, -0.2) is 26.2 Å². The van der Waals surface area contributed by atoms with Crippen molar-refractivity contribution in [2.45, 2.75) is 0 Å². The van der Waals surface area contributed by atoms with Crippen LogP contribution in [-0.2, 0) is 9.47 Å². The van der Waals surface area contributed by atoms with E-state index in [9.17, 15) is 9.59 Å². The molecule has 0 aliphatic carbocycles. The molecule has 0 aliphatic heterocycles. The van der Waals surface area contributed by atoms with Crippen LogP contribution in [0, 0.1) is 7.14 Å². The molecule has 0 spiro atoms. The van der Waals surface area contributed by atoms with Gasteiger partial charge in [-0.15, -0.1) is 0 Å². The monoisotopic (exact) mass is 446 g/mol. The van der Waals surface area contributed by atoms with Crippen LogP contribution in [0.3, 0.4) is 0 Å². The molecule has 1 rings (SSSR count). The Morgan fingerprint density at radius 2 is 1.31 bits per heavy atom. The first-order chi connectivity index (χ1) is 7.51. The van der Waals surface area contributed by atoms with Crippen LogP contribution in [0.15, 0.2) is 12.1 Å². The van der Waals surface area contributed by atoms with E-state index in [1.54, 1.807) is 6.07 Å². The second kappa shape index (κ2) is 5.80. The molecule has 0 bridgehead atoms. The van der Waals surface area contributed by atoms with Gasteiger partial charge in [0.1, 0.15) is 0 Å². The Labute approximate surface area is 120 Å². The van der Waals surface area contributed by atoms with Gasteiger partial charge in [-0.25, -0.2) is 9.59 Å². The standard InChI is InChI=1S/C10H8I2O4/c1-15-9(13)5-3-6(10(14)16-2)8(12)4-7(5)11/h3-4H,1-2H3. The largest absolute Gasteiger partial charge is 0.465 e. The molecule has 0 heterocycles. The van der Waals surface area contributed by atoms with Crippen LogP contribution in [0.25, 0.3) is 0 Å². The molecule has 0 amide bonds. The molecule has 16 heavy (non-hydrogen) atoms. The number of benzene rings is 1. The SMILES string of the molecule is COC(=O)c1cc(C(=O)OC)c(I)cc1I. The molecule has 0 aliphatic rings. The van der Waals surface area contributed by atoms with Crippen molar-refractivity contribution < 1.29 is 19.1 Å². The van der Waals surface area contributed by atoms with Gasteiger partial charge in [0.05, 0.1) is 25.3 Å². The Balaban J connectivity index is 3.32. The molecule has 0 radical (unpaired) electrons. The van der Waals surface area contributed by atoms with Gasteiger partial charge in [0.15, 0.2) is 0 Å². The van der Waals surface area contributed by atoms with E-state index in [4.69, 9.17) is 0 Å². The maximum Gasteiger partial charge on any atom is 0.338 e. The summed E-state index contributed by atoms with van der Waals surface area (Å²) in [4.78, 5) is 22.9. The maximum absolute atomic E-state index is 11.4. The molecule has 0 saturated heterocycles. The van der Waals surface area contributed by atoms with E-state index in [-0.39, 0.29) is 0 Å². The second-order valence-corrected chi connectivity index (χ2v) is 5.12. The van der Waals surface area contributed by atoms with Crippen molar-refractivity contribution in [3.63, 3.8) is 0 Å². The average Bonchev–Trinajstić information content (AvgIpc) is 2.27. The first-order valence-corrected chi connectivity index (χ1v) is 6.32. The molecular weight excluding hydrogens is 438 g/mol. The minimum atomic E-state index is -0.467. The number of esters is 2. The molecule has 0 N–H and O–H groups in total.